The molecule has 31 heavy (non-hydrogen) atoms. The van der Waals surface area contributed by atoms with E-state index in [-0.39, 0.29) is 43.2 Å². The van der Waals surface area contributed by atoms with Gasteiger partial charge in [-0.25, -0.2) is 9.37 Å². The molecule has 0 bridgehead atoms. The number of thioether (sulfide) groups is 1. The molecule has 1 aromatic heterocycles. The van der Waals surface area contributed by atoms with Crippen molar-refractivity contribution in [2.75, 3.05) is 18.8 Å². The van der Waals surface area contributed by atoms with Gasteiger partial charge in [-0.3, -0.25) is 14.2 Å². The minimum absolute atomic E-state index is 0.0250. The molecule has 1 amide bonds. The fraction of sp³-hybridized carbons (Fsp3) is 0.227. The zero-order chi connectivity index (χ0) is 22.2. The molecule has 0 atom stereocenters. The maximum absolute atomic E-state index is 13.4. The predicted octanol–water partition coefficient (Wildman–Crippen LogP) is 3.27. The average Bonchev–Trinajstić information content (AvgIpc) is 2.78. The summed E-state index contributed by atoms with van der Waals surface area (Å²) < 4.78 is 14.8. The first-order valence-corrected chi connectivity index (χ1v) is 10.5. The zero-order valence-electron chi connectivity index (χ0n) is 16.5. The summed E-state index contributed by atoms with van der Waals surface area (Å²) in [5.74, 6) is -0.716. The topological polar surface area (TPSA) is 103 Å². The van der Waals surface area contributed by atoms with Crippen molar-refractivity contribution in [3.8, 4) is 17.8 Å². The van der Waals surface area contributed by atoms with Gasteiger partial charge in [-0.05, 0) is 36.4 Å². The lowest BCUT2D eigenvalue weighted by atomic mass is 10.2. The molecule has 0 N–H and O–H groups in total. The first-order valence-electron chi connectivity index (χ1n) is 9.47. The highest BCUT2D eigenvalue weighted by Crippen LogP contribution is 2.22. The van der Waals surface area contributed by atoms with Crippen LogP contribution in [-0.2, 0) is 4.79 Å². The number of nitrogens with zero attached hydrogens (tertiary/aromatic N) is 5. The SMILES string of the molecule is N#CCCN(CCC#N)C(=O)CSc1nc2ccccc2c(=O)n1-c1ccc(F)cc1. The summed E-state index contributed by atoms with van der Waals surface area (Å²) in [6.45, 7) is 0.459. The van der Waals surface area contributed by atoms with E-state index in [1.807, 2.05) is 12.1 Å². The molecule has 0 aliphatic rings. The van der Waals surface area contributed by atoms with Crippen LogP contribution in [0.3, 0.4) is 0 Å². The number of aromatic nitrogens is 2. The van der Waals surface area contributed by atoms with Crippen molar-refractivity contribution in [3.63, 3.8) is 0 Å². The lowest BCUT2D eigenvalue weighted by molar-refractivity contribution is -0.128. The predicted molar refractivity (Wildman–Crippen MR) is 115 cm³/mol. The van der Waals surface area contributed by atoms with Crippen molar-refractivity contribution in [1.29, 1.82) is 10.5 Å². The van der Waals surface area contributed by atoms with Gasteiger partial charge in [-0.15, -0.1) is 0 Å². The van der Waals surface area contributed by atoms with Gasteiger partial charge in [0.1, 0.15) is 5.82 Å². The van der Waals surface area contributed by atoms with Gasteiger partial charge in [0.2, 0.25) is 5.91 Å². The molecule has 0 fully saturated rings. The summed E-state index contributed by atoms with van der Waals surface area (Å²) in [6, 6.07) is 16.3. The molecule has 7 nitrogen and oxygen atoms in total. The number of hydrogen-bond donors (Lipinski definition) is 0. The number of rotatable bonds is 8. The Bertz CT molecular complexity index is 1210. The highest BCUT2D eigenvalue weighted by atomic mass is 32.2. The van der Waals surface area contributed by atoms with Crippen LogP contribution in [0, 0.1) is 28.5 Å². The van der Waals surface area contributed by atoms with Gasteiger partial charge in [-0.2, -0.15) is 10.5 Å². The minimum Gasteiger partial charge on any atom is -0.340 e. The maximum atomic E-state index is 13.4. The number of para-hydroxylation sites is 1. The van der Waals surface area contributed by atoms with E-state index < -0.39 is 5.82 Å². The Hall–Kier alpha value is -3.69. The van der Waals surface area contributed by atoms with E-state index in [9.17, 15) is 14.0 Å². The fourth-order valence-electron chi connectivity index (χ4n) is 2.98. The molecule has 9 heteroatoms. The first-order chi connectivity index (χ1) is 15.0. The van der Waals surface area contributed by atoms with Crippen LogP contribution in [0.5, 0.6) is 0 Å². The number of benzene rings is 2. The molecule has 3 rings (SSSR count). The number of fused-ring (bicyclic) bond motifs is 1. The van der Waals surface area contributed by atoms with Crippen molar-refractivity contribution < 1.29 is 9.18 Å². The normalized spacial score (nSPS) is 10.4. The molecule has 3 aromatic rings. The third-order valence-corrected chi connectivity index (χ3v) is 5.42. The highest BCUT2D eigenvalue weighted by Gasteiger charge is 2.18. The van der Waals surface area contributed by atoms with Crippen LogP contribution in [0.2, 0.25) is 0 Å². The largest absolute Gasteiger partial charge is 0.340 e. The lowest BCUT2D eigenvalue weighted by Crippen LogP contribution is -2.34. The third kappa shape index (κ3) is 5.27. The Morgan fingerprint density at radius 1 is 1.06 bits per heavy atom. The van der Waals surface area contributed by atoms with Crippen molar-refractivity contribution in [1.82, 2.24) is 14.5 Å². The Morgan fingerprint density at radius 3 is 2.35 bits per heavy atom. The fourth-order valence-corrected chi connectivity index (χ4v) is 3.89. The standard InChI is InChI=1S/C22H18FN5O2S/c23-16-7-9-17(10-8-16)28-21(30)18-5-1-2-6-19(18)26-22(28)31-15-20(29)27(13-3-11-24)14-4-12-25/h1-2,5-10H,3-4,13-15H2. The van der Waals surface area contributed by atoms with Gasteiger partial charge in [0.25, 0.3) is 5.56 Å². The summed E-state index contributed by atoms with van der Waals surface area (Å²) in [6.07, 6.45) is 0.326. The van der Waals surface area contributed by atoms with Crippen molar-refractivity contribution in [2.45, 2.75) is 18.0 Å². The van der Waals surface area contributed by atoms with Crippen LogP contribution in [0.25, 0.3) is 16.6 Å². The molecule has 0 unspecified atom stereocenters. The molecular formula is C22H18FN5O2S. The van der Waals surface area contributed by atoms with E-state index in [1.54, 1.807) is 24.3 Å². The first kappa shape index (κ1) is 22.0. The molecule has 0 saturated carbocycles. The second-order valence-corrected chi connectivity index (χ2v) is 7.46. The second kappa shape index (κ2) is 10.4. The number of hydrogen-bond acceptors (Lipinski definition) is 6. The van der Waals surface area contributed by atoms with Gasteiger partial charge in [0, 0.05) is 13.1 Å². The number of amides is 1. The number of nitriles is 2. The molecule has 2 aromatic carbocycles. The quantitative estimate of drug-likeness (QED) is 0.397. The van der Waals surface area contributed by atoms with Crippen LogP contribution in [0.1, 0.15) is 12.8 Å². The highest BCUT2D eigenvalue weighted by molar-refractivity contribution is 7.99. The monoisotopic (exact) mass is 435 g/mol. The molecule has 1 heterocycles. The van der Waals surface area contributed by atoms with Gasteiger partial charge in [-0.1, -0.05) is 23.9 Å². The van der Waals surface area contributed by atoms with Crippen molar-refractivity contribution >= 4 is 28.6 Å². The Labute approximate surface area is 182 Å². The number of halogens is 1. The molecule has 0 aliphatic carbocycles. The summed E-state index contributed by atoms with van der Waals surface area (Å²) in [5, 5.41) is 18.3. The van der Waals surface area contributed by atoms with Crippen LogP contribution in [0.15, 0.2) is 58.5 Å². The van der Waals surface area contributed by atoms with Gasteiger partial charge in [0.15, 0.2) is 5.16 Å². The van der Waals surface area contributed by atoms with E-state index in [0.717, 1.165) is 11.8 Å². The van der Waals surface area contributed by atoms with Gasteiger partial charge < -0.3 is 4.90 Å². The summed E-state index contributed by atoms with van der Waals surface area (Å²) in [4.78, 5) is 31.8. The second-order valence-electron chi connectivity index (χ2n) is 6.51. The Morgan fingerprint density at radius 2 is 1.71 bits per heavy atom. The Kier molecular flexibility index (Phi) is 7.36. The summed E-state index contributed by atoms with van der Waals surface area (Å²) in [5.41, 5.74) is 0.607. The van der Waals surface area contributed by atoms with Gasteiger partial charge in [0.05, 0.1) is 47.3 Å². The minimum atomic E-state index is -0.430. The molecule has 0 spiro atoms. The third-order valence-electron chi connectivity index (χ3n) is 4.49. The maximum Gasteiger partial charge on any atom is 0.266 e. The van der Waals surface area contributed by atoms with E-state index in [0.29, 0.717) is 21.7 Å². The number of carbonyl (C=O) groups is 1. The lowest BCUT2D eigenvalue weighted by Gasteiger charge is -2.20. The summed E-state index contributed by atoms with van der Waals surface area (Å²) in [7, 11) is 0. The molecule has 0 saturated heterocycles. The van der Waals surface area contributed by atoms with E-state index in [1.165, 1.54) is 33.7 Å². The van der Waals surface area contributed by atoms with Crippen LogP contribution in [0.4, 0.5) is 4.39 Å². The van der Waals surface area contributed by atoms with E-state index >= 15 is 0 Å². The van der Waals surface area contributed by atoms with Crippen LogP contribution >= 0.6 is 11.8 Å². The number of carbonyl (C=O) groups excluding carboxylic acids is 1. The zero-order valence-corrected chi connectivity index (χ0v) is 17.3. The van der Waals surface area contributed by atoms with Crippen LogP contribution in [-0.4, -0.2) is 39.2 Å². The molecular weight excluding hydrogens is 417 g/mol. The van der Waals surface area contributed by atoms with Gasteiger partial charge >= 0.3 is 0 Å². The summed E-state index contributed by atoms with van der Waals surface area (Å²) >= 11 is 1.08. The molecule has 156 valence electrons. The van der Waals surface area contributed by atoms with Crippen molar-refractivity contribution in [3.05, 3.63) is 64.7 Å². The Balaban J connectivity index is 1.95. The molecule has 0 radical (unpaired) electrons. The van der Waals surface area contributed by atoms with Crippen LogP contribution < -0.4 is 5.56 Å². The van der Waals surface area contributed by atoms with Crippen molar-refractivity contribution in [2.24, 2.45) is 0 Å². The molecule has 0 aliphatic heterocycles. The van der Waals surface area contributed by atoms with E-state index in [4.69, 9.17) is 10.5 Å². The average molecular weight is 435 g/mol. The smallest absolute Gasteiger partial charge is 0.266 e. The van der Waals surface area contributed by atoms with E-state index in [2.05, 4.69) is 4.98 Å².